The lowest BCUT2D eigenvalue weighted by molar-refractivity contribution is 0.238. The fourth-order valence-corrected chi connectivity index (χ4v) is 5.82. The van der Waals surface area contributed by atoms with E-state index < -0.39 is 0 Å². The summed E-state index contributed by atoms with van der Waals surface area (Å²) in [5, 5.41) is 3.62. The highest BCUT2D eigenvalue weighted by Crippen LogP contribution is 2.35. The highest BCUT2D eigenvalue weighted by atomic mass is 16.5. The van der Waals surface area contributed by atoms with Crippen LogP contribution in [0, 0.1) is 0 Å². The van der Waals surface area contributed by atoms with Crippen molar-refractivity contribution in [2.45, 2.75) is 39.0 Å². The third-order valence-corrected chi connectivity index (χ3v) is 7.92. The van der Waals surface area contributed by atoms with Crippen LogP contribution in [0.4, 0.5) is 5.69 Å². The Hall–Kier alpha value is -3.08. The second-order valence-electron chi connectivity index (χ2n) is 10.5. The molecule has 4 nitrogen and oxygen atoms in total. The van der Waals surface area contributed by atoms with Crippen molar-refractivity contribution in [2.24, 2.45) is 0 Å². The van der Waals surface area contributed by atoms with Crippen LogP contribution in [-0.4, -0.2) is 62.2 Å². The monoisotopic (exact) mass is 509 g/mol. The van der Waals surface area contributed by atoms with Gasteiger partial charge in [0, 0.05) is 25.3 Å². The van der Waals surface area contributed by atoms with Crippen molar-refractivity contribution in [2.75, 3.05) is 57.7 Å². The maximum atomic E-state index is 6.10. The predicted molar refractivity (Wildman–Crippen MR) is 161 cm³/mol. The van der Waals surface area contributed by atoms with E-state index in [1.54, 1.807) is 0 Å². The zero-order chi connectivity index (χ0) is 26.0. The zero-order valence-electron chi connectivity index (χ0n) is 23.0. The summed E-state index contributed by atoms with van der Waals surface area (Å²) in [4.78, 5) is 5.04. The number of hydrogen-bond acceptors (Lipinski definition) is 4. The van der Waals surface area contributed by atoms with Crippen LogP contribution >= 0.6 is 0 Å². The van der Waals surface area contributed by atoms with Gasteiger partial charge in [0.25, 0.3) is 0 Å². The normalized spacial score (nSPS) is 17.0. The molecule has 4 heteroatoms. The topological polar surface area (TPSA) is 27.7 Å². The number of rotatable bonds is 12. The summed E-state index contributed by atoms with van der Waals surface area (Å²) in [6, 6.07) is 28.5. The smallest absolute Gasteiger partial charge is 0.119 e. The number of benzene rings is 3. The minimum atomic E-state index is 0.749. The molecule has 0 aromatic heterocycles. The Balaban J connectivity index is 1.33. The van der Waals surface area contributed by atoms with E-state index >= 15 is 0 Å². The first kappa shape index (κ1) is 26.5. The average molecular weight is 510 g/mol. The molecule has 0 bridgehead atoms. The van der Waals surface area contributed by atoms with Gasteiger partial charge in [-0.1, -0.05) is 61.5 Å². The van der Waals surface area contributed by atoms with Crippen molar-refractivity contribution >= 4 is 16.8 Å². The van der Waals surface area contributed by atoms with Crippen molar-refractivity contribution in [3.8, 4) is 5.75 Å². The van der Waals surface area contributed by atoms with Gasteiger partial charge in [0.15, 0.2) is 0 Å². The molecule has 0 saturated carbocycles. The van der Waals surface area contributed by atoms with Crippen molar-refractivity contribution in [3.63, 3.8) is 0 Å². The van der Waals surface area contributed by atoms with Crippen LogP contribution in [0.25, 0.3) is 11.1 Å². The predicted octanol–water partition coefficient (Wildman–Crippen LogP) is 7.04. The number of ether oxygens (including phenoxy) is 1. The molecule has 0 aliphatic carbocycles. The van der Waals surface area contributed by atoms with Gasteiger partial charge in [0.1, 0.15) is 12.4 Å². The molecule has 3 aromatic carbocycles. The second kappa shape index (κ2) is 13.6. The van der Waals surface area contributed by atoms with E-state index in [2.05, 4.69) is 101 Å². The molecule has 3 aromatic rings. The summed E-state index contributed by atoms with van der Waals surface area (Å²) in [5.74, 6) is 0.947. The summed E-state index contributed by atoms with van der Waals surface area (Å²) < 4.78 is 6.10. The third kappa shape index (κ3) is 7.06. The number of likely N-dealkylation sites (tertiary alicyclic amines) is 2. The van der Waals surface area contributed by atoms with Crippen LogP contribution < -0.4 is 10.1 Å². The van der Waals surface area contributed by atoms with Crippen LogP contribution in [0.15, 0.2) is 78.9 Å². The van der Waals surface area contributed by atoms with Crippen LogP contribution in [0.5, 0.6) is 5.75 Å². The fraction of sp³-hybridized carbons (Fsp3) is 0.412. The molecule has 0 amide bonds. The van der Waals surface area contributed by atoms with Gasteiger partial charge < -0.3 is 15.0 Å². The molecular weight excluding hydrogens is 466 g/mol. The summed E-state index contributed by atoms with van der Waals surface area (Å²) in [7, 11) is 0. The van der Waals surface area contributed by atoms with Gasteiger partial charge >= 0.3 is 0 Å². The molecule has 38 heavy (non-hydrogen) atoms. The molecule has 0 spiro atoms. The first-order valence-corrected chi connectivity index (χ1v) is 14.6. The lowest BCUT2D eigenvalue weighted by Gasteiger charge is -2.18. The van der Waals surface area contributed by atoms with E-state index in [0.717, 1.165) is 38.4 Å². The zero-order valence-corrected chi connectivity index (χ0v) is 23.0. The van der Waals surface area contributed by atoms with Gasteiger partial charge in [-0.05, 0) is 110 Å². The van der Waals surface area contributed by atoms with Gasteiger partial charge in [0.2, 0.25) is 0 Å². The van der Waals surface area contributed by atoms with E-state index in [0.29, 0.717) is 0 Å². The minimum absolute atomic E-state index is 0.749. The number of hydrogen-bond donors (Lipinski definition) is 1. The average Bonchev–Trinajstić information content (AvgIpc) is 3.68. The minimum Gasteiger partial charge on any atom is -0.492 e. The molecule has 200 valence electrons. The number of nitrogens with zero attached hydrogens (tertiary/aromatic N) is 2. The largest absolute Gasteiger partial charge is 0.492 e. The molecule has 0 unspecified atom stereocenters. The van der Waals surface area contributed by atoms with E-state index in [1.807, 2.05) is 0 Å². The molecule has 2 aliphatic rings. The lowest BCUT2D eigenvalue weighted by Crippen LogP contribution is -2.25. The quantitative estimate of drug-likeness (QED) is 0.265. The first-order valence-electron chi connectivity index (χ1n) is 14.6. The summed E-state index contributed by atoms with van der Waals surface area (Å²) in [5.41, 5.74) is 7.61. The Morgan fingerprint density at radius 2 is 1.26 bits per heavy atom. The highest BCUT2D eigenvalue weighted by molar-refractivity contribution is 5.98. The molecule has 0 radical (unpaired) electrons. The van der Waals surface area contributed by atoms with Crippen molar-refractivity contribution in [1.29, 1.82) is 0 Å². The van der Waals surface area contributed by atoms with E-state index in [4.69, 9.17) is 4.74 Å². The van der Waals surface area contributed by atoms with Gasteiger partial charge in [0.05, 0.1) is 0 Å². The molecule has 1 N–H and O–H groups in total. The third-order valence-electron chi connectivity index (χ3n) is 7.92. The number of anilines is 1. The van der Waals surface area contributed by atoms with Crippen LogP contribution in [0.2, 0.25) is 0 Å². The lowest BCUT2D eigenvalue weighted by atomic mass is 9.88. The summed E-state index contributed by atoms with van der Waals surface area (Å²) in [6.07, 6.45) is 6.29. The second-order valence-corrected chi connectivity index (χ2v) is 10.5. The molecule has 2 saturated heterocycles. The van der Waals surface area contributed by atoms with Gasteiger partial charge in [-0.15, -0.1) is 0 Å². The molecule has 2 aliphatic heterocycles. The Bertz CT molecular complexity index is 1080. The van der Waals surface area contributed by atoms with Crippen LogP contribution in [-0.2, 0) is 0 Å². The van der Waals surface area contributed by atoms with Crippen LogP contribution in [0.1, 0.15) is 55.7 Å². The SMILES string of the molecule is CC/C(=C(/c1ccc(NCCN2CCCC2)cc1)c1ccc(OCCN2CCCC2)cc1)c1ccccc1. The molecule has 2 heterocycles. The van der Waals surface area contributed by atoms with E-state index in [1.165, 1.54) is 85.4 Å². The highest BCUT2D eigenvalue weighted by Gasteiger charge is 2.15. The standard InChI is InChI=1S/C34H43N3O/c1-2-33(28-10-4-3-5-11-28)34(29-12-16-31(17-13-29)35-20-25-36-21-6-7-22-36)30-14-18-32(19-15-30)38-27-26-37-23-8-9-24-37/h3-5,10-19,35H,2,6-9,20-27H2,1H3/b34-33+. The maximum absolute atomic E-state index is 6.10. The molecule has 5 rings (SSSR count). The molecule has 2 fully saturated rings. The fourth-order valence-electron chi connectivity index (χ4n) is 5.82. The summed E-state index contributed by atoms with van der Waals surface area (Å²) >= 11 is 0. The van der Waals surface area contributed by atoms with E-state index in [9.17, 15) is 0 Å². The molecular formula is C34H43N3O. The van der Waals surface area contributed by atoms with Crippen molar-refractivity contribution in [3.05, 3.63) is 95.6 Å². The first-order chi connectivity index (χ1) is 18.8. The van der Waals surface area contributed by atoms with Crippen LogP contribution in [0.3, 0.4) is 0 Å². The Labute approximate surface area is 229 Å². The van der Waals surface area contributed by atoms with Gasteiger partial charge in [-0.25, -0.2) is 0 Å². The Morgan fingerprint density at radius 3 is 1.87 bits per heavy atom. The summed E-state index contributed by atoms with van der Waals surface area (Å²) in [6.45, 7) is 11.0. The Kier molecular flexibility index (Phi) is 9.52. The van der Waals surface area contributed by atoms with Gasteiger partial charge in [-0.3, -0.25) is 4.90 Å². The van der Waals surface area contributed by atoms with Crippen molar-refractivity contribution < 1.29 is 4.74 Å². The van der Waals surface area contributed by atoms with E-state index in [-0.39, 0.29) is 0 Å². The number of allylic oxidation sites excluding steroid dienone is 1. The van der Waals surface area contributed by atoms with Gasteiger partial charge in [-0.2, -0.15) is 0 Å². The Morgan fingerprint density at radius 1 is 0.684 bits per heavy atom. The maximum Gasteiger partial charge on any atom is 0.119 e. The van der Waals surface area contributed by atoms with Crippen molar-refractivity contribution in [1.82, 2.24) is 9.80 Å². The number of nitrogens with one attached hydrogen (secondary N) is 1. The molecule has 0 atom stereocenters.